The van der Waals surface area contributed by atoms with E-state index in [2.05, 4.69) is 6.92 Å². The highest BCUT2D eigenvalue weighted by Crippen LogP contribution is 2.06. The smallest absolute Gasteiger partial charge is 0.306 e. The van der Waals surface area contributed by atoms with Crippen molar-refractivity contribution in [1.82, 2.24) is 0 Å². The van der Waals surface area contributed by atoms with Crippen molar-refractivity contribution in [1.29, 1.82) is 0 Å². The molecule has 1 unspecified atom stereocenters. The number of carbonyl (C=O) groups excluding carboxylic acids is 2. The summed E-state index contributed by atoms with van der Waals surface area (Å²) in [5, 5.41) is 0. The van der Waals surface area contributed by atoms with E-state index in [1.165, 1.54) is 19.3 Å². The Hall–Kier alpha value is -0.860. The third kappa shape index (κ3) is 7.77. The van der Waals surface area contributed by atoms with Gasteiger partial charge in [-0.2, -0.15) is 0 Å². The Morgan fingerprint density at radius 2 is 1.93 bits per heavy atom. The van der Waals surface area contributed by atoms with Crippen molar-refractivity contribution in [3.63, 3.8) is 0 Å². The van der Waals surface area contributed by atoms with Gasteiger partial charge in [0, 0.05) is 6.42 Å². The maximum atomic E-state index is 11.1. The maximum absolute atomic E-state index is 11.1. The molecule has 0 aromatic heterocycles. The highest BCUT2D eigenvalue weighted by Gasteiger charge is 2.07. The summed E-state index contributed by atoms with van der Waals surface area (Å²) in [6.45, 7) is 3.72. The van der Waals surface area contributed by atoms with E-state index in [0.717, 1.165) is 12.8 Å². The predicted octanol–water partition coefficient (Wildman–Crippen LogP) is 2.48. The highest BCUT2D eigenvalue weighted by molar-refractivity contribution is 5.72. The van der Waals surface area contributed by atoms with Gasteiger partial charge in [0.15, 0.2) is 12.4 Å². The van der Waals surface area contributed by atoms with Gasteiger partial charge in [0.1, 0.15) is 0 Å². The Kier molecular flexibility index (Phi) is 8.19. The molecular formula is C11H20O3. The lowest BCUT2D eigenvalue weighted by atomic mass is 10.1. The molecule has 0 aromatic carbocycles. The van der Waals surface area contributed by atoms with E-state index >= 15 is 0 Å². The highest BCUT2D eigenvalue weighted by atomic mass is 16.5. The average molecular weight is 200 g/mol. The Bertz CT molecular complexity index is 166. The molecule has 1 atom stereocenters. The van der Waals surface area contributed by atoms with Gasteiger partial charge in [-0.1, -0.05) is 32.6 Å². The largest absolute Gasteiger partial charge is 0.455 e. The van der Waals surface area contributed by atoms with E-state index in [1.54, 1.807) is 6.92 Å². The van der Waals surface area contributed by atoms with Crippen molar-refractivity contribution in [2.45, 2.75) is 58.5 Å². The van der Waals surface area contributed by atoms with Crippen LogP contribution in [0.1, 0.15) is 52.4 Å². The normalized spacial score (nSPS) is 12.1. The Morgan fingerprint density at radius 1 is 1.29 bits per heavy atom. The minimum Gasteiger partial charge on any atom is -0.455 e. The fraction of sp³-hybridized carbons (Fsp3) is 0.818. The van der Waals surface area contributed by atoms with Crippen molar-refractivity contribution in [3.05, 3.63) is 0 Å². The molecule has 0 aliphatic carbocycles. The third-order valence-corrected chi connectivity index (χ3v) is 1.99. The van der Waals surface area contributed by atoms with Crippen LogP contribution in [0.3, 0.4) is 0 Å². The number of esters is 1. The molecule has 82 valence electrons. The number of aldehydes is 1. The quantitative estimate of drug-likeness (QED) is 0.343. The zero-order valence-electron chi connectivity index (χ0n) is 9.12. The van der Waals surface area contributed by atoms with Crippen molar-refractivity contribution >= 4 is 12.3 Å². The standard InChI is InChI=1S/C11H20O3/c1-3-4-5-6-7-8-11(13)14-10(2)9-12/h9-10H,3-8H2,1-2H3. The summed E-state index contributed by atoms with van der Waals surface area (Å²) in [5.74, 6) is -0.263. The van der Waals surface area contributed by atoms with Crippen molar-refractivity contribution in [3.8, 4) is 0 Å². The molecule has 0 bridgehead atoms. The van der Waals surface area contributed by atoms with Crippen LogP contribution in [-0.4, -0.2) is 18.4 Å². The molecule has 14 heavy (non-hydrogen) atoms. The predicted molar refractivity (Wildman–Crippen MR) is 55.0 cm³/mol. The fourth-order valence-corrected chi connectivity index (χ4v) is 1.17. The van der Waals surface area contributed by atoms with Crippen LogP contribution in [0.15, 0.2) is 0 Å². The van der Waals surface area contributed by atoms with E-state index in [9.17, 15) is 9.59 Å². The second-order valence-electron chi connectivity index (χ2n) is 3.50. The van der Waals surface area contributed by atoms with E-state index in [1.807, 2.05) is 0 Å². The molecule has 0 fully saturated rings. The van der Waals surface area contributed by atoms with E-state index in [-0.39, 0.29) is 5.97 Å². The molecule has 3 heteroatoms. The van der Waals surface area contributed by atoms with Crippen molar-refractivity contribution in [2.24, 2.45) is 0 Å². The molecule has 0 aliphatic rings. The Balaban J connectivity index is 3.31. The molecule has 0 spiro atoms. The number of hydrogen-bond acceptors (Lipinski definition) is 3. The van der Waals surface area contributed by atoms with Crippen LogP contribution in [0.4, 0.5) is 0 Å². The molecule has 0 saturated heterocycles. The van der Waals surface area contributed by atoms with Crippen LogP contribution in [0.5, 0.6) is 0 Å². The summed E-state index contributed by atoms with van der Waals surface area (Å²) >= 11 is 0. The second-order valence-corrected chi connectivity index (χ2v) is 3.50. The van der Waals surface area contributed by atoms with E-state index in [0.29, 0.717) is 12.7 Å². The van der Waals surface area contributed by atoms with Gasteiger partial charge in [0.2, 0.25) is 0 Å². The topological polar surface area (TPSA) is 43.4 Å². The van der Waals surface area contributed by atoms with Crippen LogP contribution in [0, 0.1) is 0 Å². The van der Waals surface area contributed by atoms with Gasteiger partial charge >= 0.3 is 5.97 Å². The minimum absolute atomic E-state index is 0.263. The fourth-order valence-electron chi connectivity index (χ4n) is 1.17. The number of hydrogen-bond donors (Lipinski definition) is 0. The van der Waals surface area contributed by atoms with Crippen LogP contribution >= 0.6 is 0 Å². The zero-order valence-corrected chi connectivity index (χ0v) is 9.12. The van der Waals surface area contributed by atoms with Gasteiger partial charge in [-0.05, 0) is 13.3 Å². The van der Waals surface area contributed by atoms with Crippen LogP contribution in [0.2, 0.25) is 0 Å². The summed E-state index contributed by atoms with van der Waals surface area (Å²) in [5.41, 5.74) is 0. The first-order valence-electron chi connectivity index (χ1n) is 5.35. The molecule has 0 rings (SSSR count). The monoisotopic (exact) mass is 200 g/mol. The molecule has 0 aliphatic heterocycles. The number of carbonyl (C=O) groups is 2. The molecule has 0 heterocycles. The van der Waals surface area contributed by atoms with Gasteiger partial charge in [-0.15, -0.1) is 0 Å². The van der Waals surface area contributed by atoms with Crippen molar-refractivity contribution in [2.75, 3.05) is 0 Å². The van der Waals surface area contributed by atoms with E-state index < -0.39 is 6.10 Å². The summed E-state index contributed by atoms with van der Waals surface area (Å²) in [7, 11) is 0. The van der Waals surface area contributed by atoms with Crippen molar-refractivity contribution < 1.29 is 14.3 Å². The molecule has 0 N–H and O–H groups in total. The molecule has 0 amide bonds. The van der Waals surface area contributed by atoms with Gasteiger partial charge in [0.05, 0.1) is 0 Å². The van der Waals surface area contributed by atoms with Crippen LogP contribution < -0.4 is 0 Å². The lowest BCUT2D eigenvalue weighted by molar-refractivity contribution is -0.150. The molecule has 0 saturated carbocycles. The second kappa shape index (κ2) is 8.73. The van der Waals surface area contributed by atoms with Gasteiger partial charge in [0.25, 0.3) is 0 Å². The number of ether oxygens (including phenoxy) is 1. The lowest BCUT2D eigenvalue weighted by Gasteiger charge is -2.06. The summed E-state index contributed by atoms with van der Waals surface area (Å²) in [4.78, 5) is 21.2. The van der Waals surface area contributed by atoms with Gasteiger partial charge in [-0.3, -0.25) is 9.59 Å². The summed E-state index contributed by atoms with van der Waals surface area (Å²) in [6.07, 6.45) is 6.00. The SMILES string of the molecule is CCCCCCCC(=O)OC(C)C=O. The zero-order chi connectivity index (χ0) is 10.8. The Labute approximate surface area is 85.8 Å². The maximum Gasteiger partial charge on any atom is 0.306 e. The first kappa shape index (κ1) is 13.1. The van der Waals surface area contributed by atoms with Crippen LogP contribution in [0.25, 0.3) is 0 Å². The Morgan fingerprint density at radius 3 is 2.50 bits per heavy atom. The first-order chi connectivity index (χ1) is 6.70. The van der Waals surface area contributed by atoms with E-state index in [4.69, 9.17) is 4.74 Å². The molecule has 3 nitrogen and oxygen atoms in total. The summed E-state index contributed by atoms with van der Waals surface area (Å²) < 4.78 is 4.80. The number of unbranched alkanes of at least 4 members (excludes halogenated alkanes) is 4. The van der Waals surface area contributed by atoms with Crippen LogP contribution in [-0.2, 0) is 14.3 Å². The molecule has 0 radical (unpaired) electrons. The lowest BCUT2D eigenvalue weighted by Crippen LogP contribution is -2.15. The minimum atomic E-state index is -0.599. The van der Waals surface area contributed by atoms with Gasteiger partial charge in [-0.25, -0.2) is 0 Å². The summed E-state index contributed by atoms with van der Waals surface area (Å²) in [6, 6.07) is 0. The molecular weight excluding hydrogens is 180 g/mol. The number of rotatable bonds is 8. The van der Waals surface area contributed by atoms with Gasteiger partial charge < -0.3 is 4.74 Å². The molecule has 0 aromatic rings. The average Bonchev–Trinajstić information content (AvgIpc) is 2.17. The third-order valence-electron chi connectivity index (χ3n) is 1.99. The first-order valence-corrected chi connectivity index (χ1v) is 5.35.